The fraction of sp³-hybridized carbons (Fsp3) is 0.294. The first-order valence-electron chi connectivity index (χ1n) is 7.21. The van der Waals surface area contributed by atoms with E-state index in [0.717, 1.165) is 23.4 Å². The van der Waals surface area contributed by atoms with E-state index in [1.165, 1.54) is 16.6 Å². The largest absolute Gasteiger partial charge is 0.316 e. The molecule has 0 unspecified atom stereocenters. The minimum Gasteiger partial charge on any atom is -0.316 e. The van der Waals surface area contributed by atoms with Crippen molar-refractivity contribution in [1.82, 2.24) is 20.1 Å². The normalized spacial score (nSPS) is 11.2. The minimum atomic E-state index is 0.710. The van der Waals surface area contributed by atoms with Gasteiger partial charge in [0.25, 0.3) is 0 Å². The zero-order chi connectivity index (χ0) is 14.8. The summed E-state index contributed by atoms with van der Waals surface area (Å²) in [7, 11) is 1.96. The molecule has 0 amide bonds. The topological polar surface area (TPSA) is 42.7 Å². The Kier molecular flexibility index (Phi) is 3.71. The average Bonchev–Trinajstić information content (AvgIpc) is 2.75. The van der Waals surface area contributed by atoms with Gasteiger partial charge >= 0.3 is 0 Å². The van der Waals surface area contributed by atoms with Gasteiger partial charge in [-0.15, -0.1) is 0 Å². The van der Waals surface area contributed by atoms with Crippen LogP contribution < -0.4 is 5.32 Å². The van der Waals surface area contributed by atoms with Crippen molar-refractivity contribution in [2.75, 3.05) is 7.05 Å². The Morgan fingerprint density at radius 3 is 2.71 bits per heavy atom. The van der Waals surface area contributed by atoms with Crippen LogP contribution in [0.5, 0.6) is 0 Å². The third-order valence-corrected chi connectivity index (χ3v) is 3.85. The van der Waals surface area contributed by atoms with E-state index in [1.54, 1.807) is 0 Å². The highest BCUT2D eigenvalue weighted by atomic mass is 15.3. The Hall–Kier alpha value is -2.20. The second-order valence-electron chi connectivity index (χ2n) is 5.33. The number of hydrogen-bond acceptors (Lipinski definition) is 3. The first kappa shape index (κ1) is 13.8. The Labute approximate surface area is 124 Å². The van der Waals surface area contributed by atoms with Crippen molar-refractivity contribution in [2.24, 2.45) is 0 Å². The SMILES string of the molecule is CNCc1c(C)nn(Cc2ccc3ccccc3n2)c1C. The Bertz CT molecular complexity index is 774. The zero-order valence-corrected chi connectivity index (χ0v) is 12.7. The van der Waals surface area contributed by atoms with Crippen LogP contribution in [0.2, 0.25) is 0 Å². The standard InChI is InChI=1S/C17H20N4/c1-12-16(10-18-3)13(2)21(20-12)11-15-9-8-14-6-4-5-7-17(14)19-15/h4-9,18H,10-11H2,1-3H3. The maximum absolute atomic E-state index is 4.72. The van der Waals surface area contributed by atoms with Gasteiger partial charge in [-0.05, 0) is 33.0 Å². The first-order chi connectivity index (χ1) is 10.2. The highest BCUT2D eigenvalue weighted by Crippen LogP contribution is 2.16. The van der Waals surface area contributed by atoms with Gasteiger partial charge < -0.3 is 5.32 Å². The van der Waals surface area contributed by atoms with Crippen LogP contribution in [0.1, 0.15) is 22.6 Å². The van der Waals surface area contributed by atoms with Gasteiger partial charge in [0, 0.05) is 23.2 Å². The predicted octanol–water partition coefficient (Wildman–Crippen LogP) is 2.82. The summed E-state index contributed by atoms with van der Waals surface area (Å²) in [5, 5.41) is 9.01. The van der Waals surface area contributed by atoms with Crippen LogP contribution in [-0.2, 0) is 13.1 Å². The molecule has 2 aromatic heterocycles. The van der Waals surface area contributed by atoms with Crippen LogP contribution in [0, 0.1) is 13.8 Å². The number of rotatable bonds is 4. The predicted molar refractivity (Wildman–Crippen MR) is 85.3 cm³/mol. The van der Waals surface area contributed by atoms with Gasteiger partial charge in [-0.3, -0.25) is 9.67 Å². The number of para-hydroxylation sites is 1. The summed E-state index contributed by atoms with van der Waals surface area (Å²) in [6.07, 6.45) is 0. The minimum absolute atomic E-state index is 0.710. The maximum Gasteiger partial charge on any atom is 0.0834 e. The van der Waals surface area contributed by atoms with Gasteiger partial charge in [-0.1, -0.05) is 24.3 Å². The van der Waals surface area contributed by atoms with Crippen LogP contribution in [0.25, 0.3) is 10.9 Å². The van der Waals surface area contributed by atoms with Gasteiger partial charge in [0.1, 0.15) is 0 Å². The van der Waals surface area contributed by atoms with E-state index in [2.05, 4.69) is 42.5 Å². The molecule has 0 bridgehead atoms. The molecule has 0 spiro atoms. The average molecular weight is 280 g/mol. The van der Waals surface area contributed by atoms with E-state index in [-0.39, 0.29) is 0 Å². The molecule has 0 saturated heterocycles. The lowest BCUT2D eigenvalue weighted by Crippen LogP contribution is -2.09. The summed E-state index contributed by atoms with van der Waals surface area (Å²) < 4.78 is 2.04. The Morgan fingerprint density at radius 2 is 1.90 bits per heavy atom. The lowest BCUT2D eigenvalue weighted by atomic mass is 10.2. The molecule has 0 aliphatic carbocycles. The van der Waals surface area contributed by atoms with Crippen LogP contribution in [-0.4, -0.2) is 21.8 Å². The fourth-order valence-corrected chi connectivity index (χ4v) is 2.67. The Balaban J connectivity index is 1.93. The number of pyridine rings is 1. The number of benzene rings is 1. The second kappa shape index (κ2) is 5.66. The van der Waals surface area contributed by atoms with Crippen molar-refractivity contribution in [3.05, 3.63) is 59.0 Å². The van der Waals surface area contributed by atoms with E-state index in [0.29, 0.717) is 6.54 Å². The van der Waals surface area contributed by atoms with Gasteiger partial charge in [-0.25, -0.2) is 0 Å². The Morgan fingerprint density at radius 1 is 1.10 bits per heavy atom. The van der Waals surface area contributed by atoms with Crippen molar-refractivity contribution in [3.63, 3.8) is 0 Å². The smallest absolute Gasteiger partial charge is 0.0834 e. The number of nitrogens with zero attached hydrogens (tertiary/aromatic N) is 3. The summed E-state index contributed by atoms with van der Waals surface area (Å²) in [5.74, 6) is 0. The molecule has 0 atom stereocenters. The molecule has 21 heavy (non-hydrogen) atoms. The van der Waals surface area contributed by atoms with E-state index in [9.17, 15) is 0 Å². The molecule has 0 fully saturated rings. The van der Waals surface area contributed by atoms with Gasteiger partial charge in [0.2, 0.25) is 0 Å². The third kappa shape index (κ3) is 2.67. The summed E-state index contributed by atoms with van der Waals surface area (Å²) >= 11 is 0. The van der Waals surface area contributed by atoms with E-state index in [1.807, 2.05) is 29.9 Å². The van der Waals surface area contributed by atoms with E-state index in [4.69, 9.17) is 4.98 Å². The molecule has 0 aliphatic rings. The molecular weight excluding hydrogens is 260 g/mol. The van der Waals surface area contributed by atoms with Crippen molar-refractivity contribution in [1.29, 1.82) is 0 Å². The lowest BCUT2D eigenvalue weighted by Gasteiger charge is -2.06. The van der Waals surface area contributed by atoms with Gasteiger partial charge in [0.05, 0.1) is 23.4 Å². The van der Waals surface area contributed by atoms with Crippen molar-refractivity contribution < 1.29 is 0 Å². The number of aromatic nitrogens is 3. The molecule has 0 aliphatic heterocycles. The van der Waals surface area contributed by atoms with Crippen molar-refractivity contribution in [2.45, 2.75) is 26.9 Å². The molecule has 1 aromatic carbocycles. The highest BCUT2D eigenvalue weighted by Gasteiger charge is 2.11. The molecule has 0 radical (unpaired) electrons. The maximum atomic E-state index is 4.72. The van der Waals surface area contributed by atoms with Crippen molar-refractivity contribution in [3.8, 4) is 0 Å². The quantitative estimate of drug-likeness (QED) is 0.799. The second-order valence-corrected chi connectivity index (χ2v) is 5.33. The molecule has 1 N–H and O–H groups in total. The van der Waals surface area contributed by atoms with Crippen LogP contribution in [0.3, 0.4) is 0 Å². The van der Waals surface area contributed by atoms with Gasteiger partial charge in [-0.2, -0.15) is 5.10 Å². The lowest BCUT2D eigenvalue weighted by molar-refractivity contribution is 0.647. The number of aryl methyl sites for hydroxylation is 1. The molecule has 0 saturated carbocycles. The molecule has 4 nitrogen and oxygen atoms in total. The van der Waals surface area contributed by atoms with E-state index >= 15 is 0 Å². The molecule has 4 heteroatoms. The molecular formula is C17H20N4. The van der Waals surface area contributed by atoms with Crippen LogP contribution in [0.4, 0.5) is 0 Å². The first-order valence-corrected chi connectivity index (χ1v) is 7.21. The summed E-state index contributed by atoms with van der Waals surface area (Å²) in [5.41, 5.74) is 5.64. The van der Waals surface area contributed by atoms with Crippen molar-refractivity contribution >= 4 is 10.9 Å². The van der Waals surface area contributed by atoms with E-state index < -0.39 is 0 Å². The summed E-state index contributed by atoms with van der Waals surface area (Å²) in [4.78, 5) is 4.72. The van der Waals surface area contributed by atoms with Crippen LogP contribution >= 0.6 is 0 Å². The fourth-order valence-electron chi connectivity index (χ4n) is 2.67. The molecule has 3 aromatic rings. The number of hydrogen-bond donors (Lipinski definition) is 1. The molecule has 108 valence electrons. The third-order valence-electron chi connectivity index (χ3n) is 3.85. The summed E-state index contributed by atoms with van der Waals surface area (Å²) in [6, 6.07) is 12.4. The van der Waals surface area contributed by atoms with Gasteiger partial charge in [0.15, 0.2) is 0 Å². The van der Waals surface area contributed by atoms with Crippen LogP contribution in [0.15, 0.2) is 36.4 Å². The summed E-state index contributed by atoms with van der Waals surface area (Å²) in [6.45, 7) is 5.74. The number of nitrogens with one attached hydrogen (secondary N) is 1. The molecule has 3 rings (SSSR count). The number of fused-ring (bicyclic) bond motifs is 1. The monoisotopic (exact) mass is 280 g/mol. The zero-order valence-electron chi connectivity index (χ0n) is 12.7. The molecule has 2 heterocycles. The highest BCUT2D eigenvalue weighted by molar-refractivity contribution is 5.78.